The molecule has 0 aromatic heterocycles. The van der Waals surface area contributed by atoms with Gasteiger partial charge in [-0.1, -0.05) is 13.8 Å². The first-order chi connectivity index (χ1) is 9.50. The van der Waals surface area contributed by atoms with Crippen LogP contribution in [0.1, 0.15) is 26.7 Å². The molecule has 6 nitrogen and oxygen atoms in total. The summed E-state index contributed by atoms with van der Waals surface area (Å²) in [7, 11) is -3.83. The Balaban J connectivity index is 1.88. The van der Waals surface area contributed by atoms with E-state index in [0.29, 0.717) is 0 Å². The maximum atomic E-state index is 13.4. The van der Waals surface area contributed by atoms with E-state index < -0.39 is 39.4 Å². The van der Waals surface area contributed by atoms with Gasteiger partial charge in [-0.15, -0.1) is 0 Å². The van der Waals surface area contributed by atoms with Crippen molar-refractivity contribution in [1.82, 2.24) is 9.03 Å². The summed E-state index contributed by atoms with van der Waals surface area (Å²) in [6, 6.07) is 0. The van der Waals surface area contributed by atoms with Crippen LogP contribution < -0.4 is 4.72 Å². The number of carboxylic acids is 1. The van der Waals surface area contributed by atoms with Crippen LogP contribution in [-0.4, -0.2) is 49.4 Å². The van der Waals surface area contributed by atoms with Gasteiger partial charge < -0.3 is 5.11 Å². The second kappa shape index (κ2) is 5.13. The first kappa shape index (κ1) is 16.6. The fourth-order valence-electron chi connectivity index (χ4n) is 2.76. The fourth-order valence-corrected chi connectivity index (χ4v) is 4.02. The number of carboxylic acid groups (broad SMARTS) is 1. The van der Waals surface area contributed by atoms with Crippen molar-refractivity contribution in [3.63, 3.8) is 0 Å². The van der Waals surface area contributed by atoms with E-state index in [1.165, 1.54) is 13.8 Å². The van der Waals surface area contributed by atoms with E-state index in [2.05, 4.69) is 4.72 Å². The minimum atomic E-state index is -3.83. The van der Waals surface area contributed by atoms with Crippen molar-refractivity contribution in [3.05, 3.63) is 0 Å². The molecule has 2 fully saturated rings. The van der Waals surface area contributed by atoms with Crippen LogP contribution in [0.3, 0.4) is 0 Å². The van der Waals surface area contributed by atoms with Gasteiger partial charge in [0.2, 0.25) is 0 Å². The lowest BCUT2D eigenvalue weighted by molar-refractivity contribution is -0.142. The number of hydrogen-bond acceptors (Lipinski definition) is 3. The van der Waals surface area contributed by atoms with Crippen LogP contribution in [0.2, 0.25) is 0 Å². The quantitative estimate of drug-likeness (QED) is 0.786. The van der Waals surface area contributed by atoms with Crippen molar-refractivity contribution >= 4 is 16.2 Å². The van der Waals surface area contributed by atoms with Gasteiger partial charge in [0, 0.05) is 31.0 Å². The average molecular weight is 326 g/mol. The molecule has 1 unspecified atom stereocenters. The average Bonchev–Trinajstić information content (AvgIpc) is 2.77. The molecule has 0 aromatic rings. The molecule has 1 saturated carbocycles. The number of nitrogens with zero attached hydrogens (tertiary/aromatic N) is 1. The lowest BCUT2D eigenvalue weighted by Crippen LogP contribution is -2.46. The largest absolute Gasteiger partial charge is 0.481 e. The van der Waals surface area contributed by atoms with Crippen molar-refractivity contribution in [2.24, 2.45) is 17.3 Å². The summed E-state index contributed by atoms with van der Waals surface area (Å²) in [4.78, 5) is 10.8. The molecule has 1 heterocycles. The Bertz CT molecular complexity index is 513. The molecule has 21 heavy (non-hydrogen) atoms. The summed E-state index contributed by atoms with van der Waals surface area (Å²) in [5.41, 5.74) is -1.19. The van der Waals surface area contributed by atoms with Crippen molar-refractivity contribution in [2.45, 2.75) is 32.6 Å². The Morgan fingerprint density at radius 1 is 1.33 bits per heavy atom. The molecule has 2 N–H and O–H groups in total. The molecular weight excluding hydrogens is 306 g/mol. The second-order valence-corrected chi connectivity index (χ2v) is 8.02. The SMILES string of the molecule is CC1(C)C(CNS(=O)(=O)N2CCC(C(=O)O)CC2)C1(F)F. The van der Waals surface area contributed by atoms with Crippen LogP contribution in [0.25, 0.3) is 0 Å². The van der Waals surface area contributed by atoms with Gasteiger partial charge in [0.05, 0.1) is 5.92 Å². The summed E-state index contributed by atoms with van der Waals surface area (Å²) < 4.78 is 54.3. The van der Waals surface area contributed by atoms with Gasteiger partial charge >= 0.3 is 5.97 Å². The number of alkyl halides is 2. The van der Waals surface area contributed by atoms with Crippen molar-refractivity contribution in [2.75, 3.05) is 19.6 Å². The maximum Gasteiger partial charge on any atom is 0.306 e. The Morgan fingerprint density at radius 3 is 2.19 bits per heavy atom. The van der Waals surface area contributed by atoms with Crippen LogP contribution in [0.15, 0.2) is 0 Å². The molecule has 1 atom stereocenters. The Kier molecular flexibility index (Phi) is 4.05. The normalized spacial score (nSPS) is 29.2. The highest BCUT2D eigenvalue weighted by Gasteiger charge is 2.74. The van der Waals surface area contributed by atoms with Gasteiger partial charge in [0.25, 0.3) is 16.1 Å². The molecule has 1 aliphatic heterocycles. The second-order valence-electron chi connectivity index (χ2n) is 6.26. The molecule has 9 heteroatoms. The molecule has 2 rings (SSSR count). The summed E-state index contributed by atoms with van der Waals surface area (Å²) in [6.07, 6.45) is 0.475. The lowest BCUT2D eigenvalue weighted by Gasteiger charge is -2.29. The zero-order valence-electron chi connectivity index (χ0n) is 12.0. The summed E-state index contributed by atoms with van der Waals surface area (Å²) in [5.74, 6) is -5.33. The predicted molar refractivity (Wildman–Crippen MR) is 71.1 cm³/mol. The van der Waals surface area contributed by atoms with E-state index in [9.17, 15) is 22.0 Å². The van der Waals surface area contributed by atoms with Crippen molar-refractivity contribution in [1.29, 1.82) is 0 Å². The van der Waals surface area contributed by atoms with Crippen LogP contribution in [-0.2, 0) is 15.0 Å². The molecule has 0 bridgehead atoms. The molecule has 0 aromatic carbocycles. The van der Waals surface area contributed by atoms with E-state index in [1.807, 2.05) is 0 Å². The monoisotopic (exact) mass is 326 g/mol. The highest BCUT2D eigenvalue weighted by molar-refractivity contribution is 7.87. The standard InChI is InChI=1S/C12H20F2N2O4S/c1-11(2)9(12(11,13)14)7-15-21(19,20)16-5-3-8(4-6-16)10(17)18/h8-9,15H,3-7H2,1-2H3,(H,17,18). The van der Waals surface area contributed by atoms with E-state index in [0.717, 1.165) is 4.31 Å². The maximum absolute atomic E-state index is 13.4. The molecular formula is C12H20F2N2O4S. The van der Waals surface area contributed by atoms with E-state index >= 15 is 0 Å². The molecule has 1 aliphatic carbocycles. The third kappa shape index (κ3) is 2.91. The third-order valence-corrected chi connectivity index (χ3v) is 6.27. The summed E-state index contributed by atoms with van der Waals surface area (Å²) in [5, 5.41) is 8.86. The van der Waals surface area contributed by atoms with E-state index in [-0.39, 0.29) is 32.5 Å². The summed E-state index contributed by atoms with van der Waals surface area (Å²) >= 11 is 0. The minimum absolute atomic E-state index is 0.0940. The molecule has 122 valence electrons. The molecule has 0 spiro atoms. The van der Waals surface area contributed by atoms with Crippen LogP contribution >= 0.6 is 0 Å². The first-order valence-electron chi connectivity index (χ1n) is 6.85. The highest BCUT2D eigenvalue weighted by atomic mass is 32.2. The van der Waals surface area contributed by atoms with Gasteiger partial charge in [-0.25, -0.2) is 13.5 Å². The number of rotatable bonds is 5. The van der Waals surface area contributed by atoms with Gasteiger partial charge in [-0.05, 0) is 12.8 Å². The van der Waals surface area contributed by atoms with Gasteiger partial charge in [-0.3, -0.25) is 4.79 Å². The zero-order valence-corrected chi connectivity index (χ0v) is 12.8. The Labute approximate surface area is 122 Å². The minimum Gasteiger partial charge on any atom is -0.481 e. The number of nitrogens with one attached hydrogen (secondary N) is 1. The fraction of sp³-hybridized carbons (Fsp3) is 0.917. The number of piperidine rings is 1. The molecule has 2 aliphatic rings. The molecule has 0 radical (unpaired) electrons. The van der Waals surface area contributed by atoms with Gasteiger partial charge in [0.1, 0.15) is 0 Å². The van der Waals surface area contributed by atoms with Crippen molar-refractivity contribution in [3.8, 4) is 0 Å². The Morgan fingerprint density at radius 2 is 1.81 bits per heavy atom. The number of aliphatic carboxylic acids is 1. The Hall–Kier alpha value is -0.800. The lowest BCUT2D eigenvalue weighted by atomic mass is 9.99. The van der Waals surface area contributed by atoms with Crippen LogP contribution in [0.4, 0.5) is 8.78 Å². The van der Waals surface area contributed by atoms with Crippen LogP contribution in [0, 0.1) is 17.3 Å². The number of hydrogen-bond donors (Lipinski definition) is 2. The topological polar surface area (TPSA) is 86.7 Å². The van der Waals surface area contributed by atoms with E-state index in [1.54, 1.807) is 0 Å². The van der Waals surface area contributed by atoms with Crippen molar-refractivity contribution < 1.29 is 27.1 Å². The number of halogens is 2. The number of carbonyl (C=O) groups is 1. The zero-order chi connectivity index (χ0) is 16.1. The first-order valence-corrected chi connectivity index (χ1v) is 8.29. The van der Waals surface area contributed by atoms with E-state index in [4.69, 9.17) is 5.11 Å². The van der Waals surface area contributed by atoms with Gasteiger partial charge in [0.15, 0.2) is 0 Å². The molecule has 1 saturated heterocycles. The molecule has 0 amide bonds. The van der Waals surface area contributed by atoms with Crippen LogP contribution in [0.5, 0.6) is 0 Å². The van der Waals surface area contributed by atoms with Gasteiger partial charge in [-0.2, -0.15) is 12.7 Å². The highest BCUT2D eigenvalue weighted by Crippen LogP contribution is 2.65. The summed E-state index contributed by atoms with van der Waals surface area (Å²) in [6.45, 7) is 2.70. The third-order valence-electron chi connectivity index (χ3n) is 4.70. The predicted octanol–water partition coefficient (Wildman–Crippen LogP) is 0.909. The smallest absolute Gasteiger partial charge is 0.306 e.